The Morgan fingerprint density at radius 1 is 1.25 bits per heavy atom. The number of amides is 1. The Bertz CT molecular complexity index is 957. The predicted octanol–water partition coefficient (Wildman–Crippen LogP) is 3.79. The highest BCUT2D eigenvalue weighted by atomic mass is 19.1. The lowest BCUT2D eigenvalue weighted by Crippen LogP contribution is -2.39. The molecule has 1 atom stereocenters. The van der Waals surface area contributed by atoms with Gasteiger partial charge in [-0.25, -0.2) is 4.39 Å². The van der Waals surface area contributed by atoms with Gasteiger partial charge in [-0.15, -0.1) is 0 Å². The first-order valence-corrected chi connectivity index (χ1v) is 11.1. The zero-order valence-electron chi connectivity index (χ0n) is 19.3. The molecule has 2 aromatic rings. The largest absolute Gasteiger partial charge is 0.490 e. The minimum atomic E-state index is -0.341. The van der Waals surface area contributed by atoms with Crippen molar-refractivity contribution in [2.45, 2.75) is 32.2 Å². The summed E-state index contributed by atoms with van der Waals surface area (Å²) in [6.07, 6.45) is 3.09. The molecule has 172 valence electrons. The Kier molecular flexibility index (Phi) is 8.09. The van der Waals surface area contributed by atoms with E-state index in [1.807, 2.05) is 37.3 Å². The van der Waals surface area contributed by atoms with Crippen LogP contribution in [0.25, 0.3) is 0 Å². The normalized spacial score (nSPS) is 14.6. The summed E-state index contributed by atoms with van der Waals surface area (Å²) in [5.41, 5.74) is 2.56. The first-order chi connectivity index (χ1) is 15.4. The standard InChI is InChI=1S/C25H33FN4O2/c1-17(20-10-11-23(22(26)15-20)32-16-19-8-9-19)29-25(27-2)28-13-12-18-6-5-7-21(14-18)24(31)30(3)4/h5-7,10-11,14-15,17,19H,8-9,12-13,16H2,1-4H3,(H2,27,28,29). The van der Waals surface area contributed by atoms with E-state index in [4.69, 9.17) is 4.74 Å². The van der Waals surface area contributed by atoms with Crippen molar-refractivity contribution in [3.8, 4) is 5.75 Å². The molecule has 6 nitrogen and oxygen atoms in total. The average molecular weight is 441 g/mol. The first-order valence-electron chi connectivity index (χ1n) is 11.1. The monoisotopic (exact) mass is 440 g/mol. The lowest BCUT2D eigenvalue weighted by atomic mass is 10.1. The second-order valence-electron chi connectivity index (χ2n) is 8.46. The van der Waals surface area contributed by atoms with Crippen molar-refractivity contribution in [3.63, 3.8) is 0 Å². The van der Waals surface area contributed by atoms with E-state index in [0.717, 1.165) is 17.5 Å². The Morgan fingerprint density at radius 3 is 2.69 bits per heavy atom. The zero-order chi connectivity index (χ0) is 23.1. The number of nitrogens with one attached hydrogen (secondary N) is 2. The minimum absolute atomic E-state index is 0.0118. The van der Waals surface area contributed by atoms with Gasteiger partial charge in [0.05, 0.1) is 12.6 Å². The van der Waals surface area contributed by atoms with Gasteiger partial charge in [-0.2, -0.15) is 0 Å². The SMILES string of the molecule is CN=C(NCCc1cccc(C(=O)N(C)C)c1)NC(C)c1ccc(OCC2CC2)c(F)c1. The van der Waals surface area contributed by atoms with Crippen molar-refractivity contribution in [2.24, 2.45) is 10.9 Å². The number of carbonyl (C=O) groups excluding carboxylic acids is 1. The number of hydrogen-bond acceptors (Lipinski definition) is 3. The van der Waals surface area contributed by atoms with E-state index in [-0.39, 0.29) is 17.8 Å². The number of ether oxygens (including phenoxy) is 1. The molecule has 32 heavy (non-hydrogen) atoms. The highest BCUT2D eigenvalue weighted by Gasteiger charge is 2.22. The molecule has 0 radical (unpaired) electrons. The second-order valence-corrected chi connectivity index (χ2v) is 8.46. The Labute approximate surface area is 189 Å². The maximum atomic E-state index is 14.4. The fourth-order valence-corrected chi connectivity index (χ4v) is 3.32. The van der Waals surface area contributed by atoms with E-state index in [9.17, 15) is 9.18 Å². The van der Waals surface area contributed by atoms with Gasteiger partial charge in [0.1, 0.15) is 0 Å². The summed E-state index contributed by atoms with van der Waals surface area (Å²) < 4.78 is 20.0. The number of benzene rings is 2. The third-order valence-electron chi connectivity index (χ3n) is 5.49. The molecule has 1 fully saturated rings. The van der Waals surface area contributed by atoms with Gasteiger partial charge in [-0.05, 0) is 67.5 Å². The molecule has 0 spiro atoms. The van der Waals surface area contributed by atoms with Crippen LogP contribution in [0.3, 0.4) is 0 Å². The molecule has 0 saturated heterocycles. The molecule has 2 N–H and O–H groups in total. The second kappa shape index (κ2) is 11.0. The van der Waals surface area contributed by atoms with Crippen LogP contribution in [0.4, 0.5) is 4.39 Å². The lowest BCUT2D eigenvalue weighted by Gasteiger charge is -2.19. The van der Waals surface area contributed by atoms with Crippen LogP contribution in [0.15, 0.2) is 47.5 Å². The summed E-state index contributed by atoms with van der Waals surface area (Å²) in [6, 6.07) is 12.6. The highest BCUT2D eigenvalue weighted by Crippen LogP contribution is 2.30. The maximum absolute atomic E-state index is 14.4. The molecule has 1 aliphatic carbocycles. The number of carbonyl (C=O) groups is 1. The Morgan fingerprint density at radius 2 is 2.03 bits per heavy atom. The summed E-state index contributed by atoms with van der Waals surface area (Å²) in [5.74, 6) is 1.17. The van der Waals surface area contributed by atoms with Crippen molar-refractivity contribution in [1.29, 1.82) is 0 Å². The molecule has 1 unspecified atom stereocenters. The van der Waals surface area contributed by atoms with Crippen molar-refractivity contribution in [1.82, 2.24) is 15.5 Å². The zero-order valence-corrected chi connectivity index (χ0v) is 19.3. The van der Waals surface area contributed by atoms with E-state index in [1.165, 1.54) is 18.9 Å². The number of rotatable bonds is 9. The maximum Gasteiger partial charge on any atom is 0.253 e. The average Bonchev–Trinajstić information content (AvgIpc) is 3.61. The van der Waals surface area contributed by atoms with Crippen LogP contribution >= 0.6 is 0 Å². The lowest BCUT2D eigenvalue weighted by molar-refractivity contribution is 0.0827. The van der Waals surface area contributed by atoms with Crippen LogP contribution in [-0.4, -0.2) is 51.1 Å². The third-order valence-corrected chi connectivity index (χ3v) is 5.49. The Balaban J connectivity index is 1.50. The van der Waals surface area contributed by atoms with E-state index >= 15 is 0 Å². The molecule has 0 aromatic heterocycles. The molecule has 1 amide bonds. The predicted molar refractivity (Wildman–Crippen MR) is 126 cm³/mol. The van der Waals surface area contributed by atoms with Crippen LogP contribution in [0.2, 0.25) is 0 Å². The molecular weight excluding hydrogens is 407 g/mol. The van der Waals surface area contributed by atoms with Crippen molar-refractivity contribution >= 4 is 11.9 Å². The summed E-state index contributed by atoms with van der Waals surface area (Å²) in [6.45, 7) is 3.20. The van der Waals surface area contributed by atoms with Gasteiger partial charge < -0.3 is 20.3 Å². The summed E-state index contributed by atoms with van der Waals surface area (Å²) >= 11 is 0. The number of guanidine groups is 1. The van der Waals surface area contributed by atoms with Crippen LogP contribution in [0, 0.1) is 11.7 Å². The van der Waals surface area contributed by atoms with Crippen LogP contribution < -0.4 is 15.4 Å². The minimum Gasteiger partial charge on any atom is -0.490 e. The molecule has 7 heteroatoms. The fourth-order valence-electron chi connectivity index (χ4n) is 3.32. The first kappa shape index (κ1) is 23.6. The van der Waals surface area contributed by atoms with Gasteiger partial charge in [-0.3, -0.25) is 9.79 Å². The van der Waals surface area contributed by atoms with Gasteiger partial charge in [0.15, 0.2) is 17.5 Å². The van der Waals surface area contributed by atoms with Gasteiger partial charge in [0.2, 0.25) is 0 Å². The van der Waals surface area contributed by atoms with Gasteiger partial charge in [-0.1, -0.05) is 18.2 Å². The summed E-state index contributed by atoms with van der Waals surface area (Å²) in [7, 11) is 5.19. The topological polar surface area (TPSA) is 66.0 Å². The van der Waals surface area contributed by atoms with Crippen LogP contribution in [-0.2, 0) is 6.42 Å². The molecular formula is C25H33FN4O2. The van der Waals surface area contributed by atoms with Crippen LogP contribution in [0.5, 0.6) is 5.75 Å². The molecule has 1 aliphatic rings. The number of hydrogen-bond donors (Lipinski definition) is 2. The van der Waals surface area contributed by atoms with Crippen LogP contribution in [0.1, 0.15) is 47.3 Å². The van der Waals surface area contributed by atoms with E-state index in [1.54, 1.807) is 32.1 Å². The van der Waals surface area contributed by atoms with E-state index in [2.05, 4.69) is 15.6 Å². The Hall–Kier alpha value is -3.09. The van der Waals surface area contributed by atoms with Gasteiger partial charge in [0.25, 0.3) is 5.91 Å². The number of aliphatic imine (C=N–C) groups is 1. The third kappa shape index (κ3) is 6.70. The smallest absolute Gasteiger partial charge is 0.253 e. The quantitative estimate of drug-likeness (QED) is 0.460. The van der Waals surface area contributed by atoms with Gasteiger partial charge in [0, 0.05) is 33.3 Å². The van der Waals surface area contributed by atoms with E-state index in [0.29, 0.717) is 36.3 Å². The molecule has 0 heterocycles. The summed E-state index contributed by atoms with van der Waals surface area (Å²) in [4.78, 5) is 18.0. The number of halogens is 1. The molecule has 1 saturated carbocycles. The number of nitrogens with zero attached hydrogens (tertiary/aromatic N) is 2. The summed E-state index contributed by atoms with van der Waals surface area (Å²) in [5, 5.41) is 6.57. The van der Waals surface area contributed by atoms with E-state index < -0.39 is 0 Å². The molecule has 3 rings (SSSR count). The molecule has 2 aromatic carbocycles. The van der Waals surface area contributed by atoms with Crippen molar-refractivity contribution in [3.05, 3.63) is 65.0 Å². The fraction of sp³-hybridized carbons (Fsp3) is 0.440. The van der Waals surface area contributed by atoms with Crippen molar-refractivity contribution < 1.29 is 13.9 Å². The van der Waals surface area contributed by atoms with Gasteiger partial charge >= 0.3 is 0 Å². The molecule has 0 aliphatic heterocycles. The van der Waals surface area contributed by atoms with Crippen molar-refractivity contribution in [2.75, 3.05) is 34.3 Å². The molecule has 0 bridgehead atoms. The highest BCUT2D eigenvalue weighted by molar-refractivity contribution is 5.94.